The summed E-state index contributed by atoms with van der Waals surface area (Å²) in [6.07, 6.45) is -0.967. The number of nitrogens with one attached hydrogen (secondary N) is 1. The third-order valence-electron chi connectivity index (χ3n) is 5.77. The highest BCUT2D eigenvalue weighted by atomic mass is 32.2. The monoisotopic (exact) mass is 616 g/mol. The summed E-state index contributed by atoms with van der Waals surface area (Å²) in [5, 5.41) is 0. The van der Waals surface area contributed by atoms with Crippen molar-refractivity contribution >= 4 is 26.0 Å². The lowest BCUT2D eigenvalue weighted by atomic mass is 9.91. The maximum absolute atomic E-state index is 14.3. The van der Waals surface area contributed by atoms with Gasteiger partial charge in [-0.15, -0.1) is 0 Å². The molecule has 3 rings (SSSR count). The van der Waals surface area contributed by atoms with Gasteiger partial charge < -0.3 is 0 Å². The topological polar surface area (TPSA) is 101 Å². The number of carbonyl (C=O) groups is 1. The number of carbonyl (C=O) groups excluding carboxylic acids is 1. The van der Waals surface area contributed by atoms with Crippen LogP contribution in [0.5, 0.6) is 0 Å². The molecular formula is C20H14F10N2O5S2. The predicted octanol–water partition coefficient (Wildman–Crippen LogP) is 3.90. The summed E-state index contributed by atoms with van der Waals surface area (Å²) in [6, 6.07) is -3.93. The van der Waals surface area contributed by atoms with E-state index in [2.05, 4.69) is 0 Å². The van der Waals surface area contributed by atoms with E-state index in [4.69, 9.17) is 0 Å². The summed E-state index contributed by atoms with van der Waals surface area (Å²) < 4.78 is 191. The van der Waals surface area contributed by atoms with E-state index in [1.807, 2.05) is 0 Å². The van der Waals surface area contributed by atoms with Gasteiger partial charge in [0, 0.05) is 13.0 Å². The molecule has 0 aliphatic heterocycles. The Hall–Kier alpha value is -2.93. The molecule has 0 heterocycles. The quantitative estimate of drug-likeness (QED) is 0.302. The number of benzene rings is 2. The molecule has 1 saturated carbocycles. The Bertz CT molecular complexity index is 1530. The van der Waals surface area contributed by atoms with Crippen molar-refractivity contribution in [2.45, 2.75) is 54.5 Å². The molecule has 1 aliphatic carbocycles. The average molecular weight is 616 g/mol. The molecule has 216 valence electrons. The molecule has 19 heteroatoms. The van der Waals surface area contributed by atoms with Gasteiger partial charge in [0.2, 0.25) is 27.6 Å². The molecule has 1 fully saturated rings. The molecule has 0 aromatic heterocycles. The van der Waals surface area contributed by atoms with Crippen molar-refractivity contribution in [3.05, 3.63) is 58.2 Å². The largest absolute Gasteiger partial charge is 0.274 e. The molecule has 2 aromatic carbocycles. The summed E-state index contributed by atoms with van der Waals surface area (Å²) in [5.74, 6) is -28.9. The summed E-state index contributed by atoms with van der Waals surface area (Å²) >= 11 is 0. The Morgan fingerprint density at radius 2 is 1.00 bits per heavy atom. The molecule has 7 nitrogen and oxygen atoms in total. The van der Waals surface area contributed by atoms with E-state index >= 15 is 0 Å². The molecule has 1 amide bonds. The average Bonchev–Trinajstić information content (AvgIpc) is 2.84. The minimum atomic E-state index is -5.98. The summed E-state index contributed by atoms with van der Waals surface area (Å²) in [7, 11) is -11.7. The Morgan fingerprint density at radius 3 is 1.41 bits per heavy atom. The third-order valence-corrected chi connectivity index (χ3v) is 9.20. The zero-order valence-electron chi connectivity index (χ0n) is 19.1. The zero-order valence-corrected chi connectivity index (χ0v) is 20.7. The maximum Gasteiger partial charge on any atom is 0.272 e. The molecule has 2 atom stereocenters. The third kappa shape index (κ3) is 5.06. The number of hydrogen-bond acceptors (Lipinski definition) is 5. The van der Waals surface area contributed by atoms with Crippen molar-refractivity contribution in [1.29, 1.82) is 0 Å². The van der Waals surface area contributed by atoms with Crippen molar-refractivity contribution in [3.8, 4) is 0 Å². The van der Waals surface area contributed by atoms with Crippen molar-refractivity contribution in [2.24, 2.45) is 0 Å². The Kier molecular flexibility index (Phi) is 8.29. The van der Waals surface area contributed by atoms with E-state index in [9.17, 15) is 65.5 Å². The van der Waals surface area contributed by atoms with E-state index in [0.29, 0.717) is 6.92 Å². The van der Waals surface area contributed by atoms with Crippen LogP contribution in [-0.4, -0.2) is 39.1 Å². The first-order chi connectivity index (χ1) is 17.9. The van der Waals surface area contributed by atoms with Gasteiger partial charge in [-0.3, -0.25) is 4.79 Å². The number of sulfonamides is 2. The second-order valence-corrected chi connectivity index (χ2v) is 11.6. The predicted molar refractivity (Wildman–Crippen MR) is 109 cm³/mol. The second-order valence-electron chi connectivity index (χ2n) is 8.20. The lowest BCUT2D eigenvalue weighted by Crippen LogP contribution is -2.56. The fourth-order valence-corrected chi connectivity index (χ4v) is 7.32. The molecule has 2 unspecified atom stereocenters. The van der Waals surface area contributed by atoms with Crippen LogP contribution in [-0.2, 0) is 24.8 Å². The van der Waals surface area contributed by atoms with Gasteiger partial charge in [0.15, 0.2) is 56.3 Å². The Balaban J connectivity index is 2.16. The maximum atomic E-state index is 14.3. The Morgan fingerprint density at radius 1 is 0.641 bits per heavy atom. The van der Waals surface area contributed by atoms with Crippen LogP contribution in [0, 0.1) is 58.2 Å². The number of amides is 1. The number of rotatable bonds is 6. The lowest BCUT2D eigenvalue weighted by molar-refractivity contribution is -0.126. The highest BCUT2D eigenvalue weighted by molar-refractivity contribution is 7.90. The zero-order chi connectivity index (χ0) is 29.8. The SMILES string of the molecule is CC(=O)N(C1CCCCC1NS(=O)(=O)c1c(F)c(F)c(F)c(F)c1F)S(=O)(=O)c1c(F)c(F)c(F)c(F)c1F. The van der Waals surface area contributed by atoms with Gasteiger partial charge in [-0.05, 0) is 12.8 Å². The van der Waals surface area contributed by atoms with E-state index in [0.717, 1.165) is 0 Å². The first-order valence-corrected chi connectivity index (χ1v) is 13.4. The van der Waals surface area contributed by atoms with Crippen LogP contribution in [0.4, 0.5) is 43.9 Å². The van der Waals surface area contributed by atoms with Crippen LogP contribution in [0.25, 0.3) is 0 Å². The summed E-state index contributed by atoms with van der Waals surface area (Å²) in [6.45, 7) is 0.480. The molecule has 1 aliphatic rings. The van der Waals surface area contributed by atoms with E-state index < -0.39 is 119 Å². The van der Waals surface area contributed by atoms with Gasteiger partial charge in [0.1, 0.15) is 0 Å². The molecule has 0 radical (unpaired) electrons. The van der Waals surface area contributed by atoms with Crippen molar-refractivity contribution in [3.63, 3.8) is 0 Å². The fourth-order valence-electron chi connectivity index (χ4n) is 4.10. The molecule has 1 N–H and O–H groups in total. The number of hydrogen-bond donors (Lipinski definition) is 1. The normalized spacial score (nSPS) is 18.3. The second kappa shape index (κ2) is 10.6. The molecular weight excluding hydrogens is 602 g/mol. The van der Waals surface area contributed by atoms with Crippen LogP contribution in [0.2, 0.25) is 0 Å². The van der Waals surface area contributed by atoms with E-state index in [1.54, 1.807) is 0 Å². The highest BCUT2D eigenvalue weighted by Gasteiger charge is 2.46. The van der Waals surface area contributed by atoms with Gasteiger partial charge in [-0.1, -0.05) is 12.8 Å². The van der Waals surface area contributed by atoms with Crippen molar-refractivity contribution in [1.82, 2.24) is 9.03 Å². The van der Waals surface area contributed by atoms with Crippen molar-refractivity contribution in [2.75, 3.05) is 0 Å². The van der Waals surface area contributed by atoms with Crippen LogP contribution < -0.4 is 4.72 Å². The smallest absolute Gasteiger partial charge is 0.272 e. The molecule has 0 saturated heterocycles. The number of nitrogens with zero attached hydrogens (tertiary/aromatic N) is 1. The lowest BCUT2D eigenvalue weighted by Gasteiger charge is -2.38. The van der Waals surface area contributed by atoms with E-state index in [-0.39, 0.29) is 17.1 Å². The van der Waals surface area contributed by atoms with Gasteiger partial charge >= 0.3 is 0 Å². The highest BCUT2D eigenvalue weighted by Crippen LogP contribution is 2.34. The fraction of sp³-hybridized carbons (Fsp3) is 0.350. The van der Waals surface area contributed by atoms with Crippen LogP contribution >= 0.6 is 0 Å². The summed E-state index contributed by atoms with van der Waals surface area (Å²) in [4.78, 5) is 7.55. The minimum absolute atomic E-state index is 0.0121. The van der Waals surface area contributed by atoms with E-state index in [1.165, 1.54) is 4.72 Å². The van der Waals surface area contributed by atoms with Crippen LogP contribution in [0.1, 0.15) is 32.6 Å². The standard InChI is InChI=1S/C20H14F10N2O5S2/c1-6(33)32(39(36,37)20-17(29)13(25)10(22)14(26)18(20)30)8-5-3-2-4-7(8)31-38(34,35)19-15(27)11(23)9(21)12(24)16(19)28/h7-8,31H,2-5H2,1H3. The van der Waals surface area contributed by atoms with Crippen LogP contribution in [0.15, 0.2) is 9.79 Å². The van der Waals surface area contributed by atoms with Gasteiger partial charge in [-0.25, -0.2) is 69.8 Å². The van der Waals surface area contributed by atoms with Gasteiger partial charge in [0.25, 0.3) is 10.0 Å². The Labute approximate surface area is 213 Å². The molecule has 39 heavy (non-hydrogen) atoms. The minimum Gasteiger partial charge on any atom is -0.274 e. The van der Waals surface area contributed by atoms with Crippen molar-refractivity contribution < 1.29 is 65.5 Å². The molecule has 0 bridgehead atoms. The molecule has 2 aromatic rings. The first-order valence-electron chi connectivity index (χ1n) is 10.5. The summed E-state index contributed by atoms with van der Waals surface area (Å²) in [5.41, 5.74) is 0. The van der Waals surface area contributed by atoms with Gasteiger partial charge in [-0.2, -0.15) is 0 Å². The van der Waals surface area contributed by atoms with Crippen LogP contribution in [0.3, 0.4) is 0 Å². The van der Waals surface area contributed by atoms with Gasteiger partial charge in [0.05, 0.1) is 6.04 Å². The number of halogens is 10. The molecule has 0 spiro atoms. The first kappa shape index (κ1) is 30.6.